The minimum Gasteiger partial charge on any atom is -0.378 e. The predicted molar refractivity (Wildman–Crippen MR) is 62.3 cm³/mol. The van der Waals surface area contributed by atoms with Gasteiger partial charge in [0.25, 0.3) is 0 Å². The summed E-state index contributed by atoms with van der Waals surface area (Å²) in [4.78, 5) is 11.1. The van der Waals surface area contributed by atoms with Gasteiger partial charge in [-0.15, -0.1) is 11.6 Å². The van der Waals surface area contributed by atoms with Crippen LogP contribution in [0.3, 0.4) is 0 Å². The molecule has 0 spiro atoms. The van der Waals surface area contributed by atoms with E-state index in [2.05, 4.69) is 36.1 Å². The summed E-state index contributed by atoms with van der Waals surface area (Å²) in [7, 11) is 4.09. The van der Waals surface area contributed by atoms with E-state index in [1.54, 1.807) is 0 Å². The molecule has 0 aliphatic rings. The Kier molecular flexibility index (Phi) is 6.85. The number of nitrogens with zero attached hydrogens (tertiary/aromatic N) is 1. The van der Waals surface area contributed by atoms with Gasteiger partial charge in [-0.2, -0.15) is 0 Å². The van der Waals surface area contributed by atoms with Gasteiger partial charge in [0.2, 0.25) is 0 Å². The molecule has 2 nitrogen and oxygen atoms in total. The molecule has 3 heteroatoms. The van der Waals surface area contributed by atoms with Gasteiger partial charge in [-0.3, -0.25) is 0 Å². The van der Waals surface area contributed by atoms with E-state index < -0.39 is 0 Å². The van der Waals surface area contributed by atoms with Crippen LogP contribution in [0.5, 0.6) is 0 Å². The molecule has 0 unspecified atom stereocenters. The normalized spacial score (nSPS) is 8.57. The average Bonchev–Trinajstić information content (AvgIpc) is 2.19. The van der Waals surface area contributed by atoms with Crippen LogP contribution >= 0.6 is 11.6 Å². The molecule has 0 aromatic heterocycles. The molecular weight excluding hydrogens is 198 g/mol. The van der Waals surface area contributed by atoms with Gasteiger partial charge in [-0.05, 0) is 19.1 Å². The van der Waals surface area contributed by atoms with E-state index in [1.807, 2.05) is 14.1 Å². The monoisotopic (exact) mass is 213 g/mol. The number of hydrogen-bond acceptors (Lipinski definition) is 2. The molecule has 0 amide bonds. The number of aryl methyl sites for hydroxylation is 1. The quantitative estimate of drug-likeness (QED) is 0.556. The lowest BCUT2D eigenvalue weighted by molar-refractivity contribution is -0.105. The lowest BCUT2D eigenvalue weighted by Crippen LogP contribution is -2.07. The smallest absolute Gasteiger partial charge is 0.134 e. The highest BCUT2D eigenvalue weighted by molar-refractivity contribution is 6.24. The third-order valence-electron chi connectivity index (χ3n) is 1.61. The zero-order chi connectivity index (χ0) is 11.0. The van der Waals surface area contributed by atoms with Gasteiger partial charge < -0.3 is 9.69 Å². The van der Waals surface area contributed by atoms with Crippen LogP contribution in [0.1, 0.15) is 5.56 Å². The van der Waals surface area contributed by atoms with Gasteiger partial charge in [0.1, 0.15) is 6.29 Å². The van der Waals surface area contributed by atoms with E-state index >= 15 is 0 Å². The molecule has 0 fully saturated rings. The van der Waals surface area contributed by atoms with Crippen LogP contribution in [0.2, 0.25) is 0 Å². The summed E-state index contributed by atoms with van der Waals surface area (Å²) in [5.41, 5.74) is 2.57. The maximum absolute atomic E-state index is 9.04. The molecule has 0 saturated carbocycles. The molecule has 0 aliphatic carbocycles. The van der Waals surface area contributed by atoms with Gasteiger partial charge in [0.15, 0.2) is 0 Å². The van der Waals surface area contributed by atoms with Crippen LogP contribution in [0, 0.1) is 6.92 Å². The van der Waals surface area contributed by atoms with Gasteiger partial charge in [0, 0.05) is 19.8 Å². The van der Waals surface area contributed by atoms with Gasteiger partial charge in [-0.25, -0.2) is 0 Å². The fourth-order valence-corrected chi connectivity index (χ4v) is 0.843. The molecule has 1 rings (SSSR count). The van der Waals surface area contributed by atoms with Crippen molar-refractivity contribution in [1.82, 2.24) is 0 Å². The number of alkyl halides is 1. The maximum Gasteiger partial charge on any atom is 0.134 e. The van der Waals surface area contributed by atoms with Crippen molar-refractivity contribution in [2.45, 2.75) is 6.92 Å². The second-order valence-electron chi connectivity index (χ2n) is 3.05. The Morgan fingerprint density at radius 1 is 1.29 bits per heavy atom. The van der Waals surface area contributed by atoms with E-state index in [9.17, 15) is 0 Å². The van der Waals surface area contributed by atoms with E-state index in [0.717, 1.165) is 0 Å². The summed E-state index contributed by atoms with van der Waals surface area (Å²) in [6.07, 6.45) is 0.640. The van der Waals surface area contributed by atoms with Crippen LogP contribution < -0.4 is 4.90 Å². The predicted octanol–water partition coefficient (Wildman–Crippen LogP) is 2.49. The summed E-state index contributed by atoms with van der Waals surface area (Å²) < 4.78 is 0. The highest BCUT2D eigenvalue weighted by Gasteiger charge is 1.90. The molecule has 0 bridgehead atoms. The molecule has 0 atom stereocenters. The molecule has 0 N–H and O–H groups in total. The number of aldehydes is 1. The molecule has 0 heterocycles. The Labute approximate surface area is 90.5 Å². The molecule has 1 aromatic rings. The Morgan fingerprint density at radius 3 is 2.00 bits per heavy atom. The molecule has 1 aromatic carbocycles. The lowest BCUT2D eigenvalue weighted by Gasteiger charge is -2.11. The molecule has 14 heavy (non-hydrogen) atoms. The summed E-state index contributed by atoms with van der Waals surface area (Å²) >= 11 is 4.82. The molecule has 0 radical (unpaired) electrons. The van der Waals surface area contributed by atoms with Crippen molar-refractivity contribution in [3.8, 4) is 0 Å². The average molecular weight is 214 g/mol. The first-order valence-electron chi connectivity index (χ1n) is 4.35. The van der Waals surface area contributed by atoms with E-state index in [-0.39, 0.29) is 5.88 Å². The van der Waals surface area contributed by atoms with E-state index in [1.165, 1.54) is 11.3 Å². The van der Waals surface area contributed by atoms with Gasteiger partial charge >= 0.3 is 0 Å². The van der Waals surface area contributed by atoms with Crippen LogP contribution in [0.25, 0.3) is 0 Å². The van der Waals surface area contributed by atoms with E-state index in [0.29, 0.717) is 6.29 Å². The van der Waals surface area contributed by atoms with Crippen molar-refractivity contribution in [2.75, 3.05) is 24.9 Å². The number of carbonyl (C=O) groups excluding carboxylic acids is 1. The number of benzene rings is 1. The summed E-state index contributed by atoms with van der Waals surface area (Å²) in [6.45, 7) is 2.10. The topological polar surface area (TPSA) is 20.3 Å². The second-order valence-corrected chi connectivity index (χ2v) is 3.36. The zero-order valence-corrected chi connectivity index (χ0v) is 9.58. The van der Waals surface area contributed by atoms with E-state index in [4.69, 9.17) is 16.4 Å². The molecule has 0 aliphatic heterocycles. The number of halogens is 1. The summed E-state index contributed by atoms with van der Waals surface area (Å²) in [5, 5.41) is 0. The largest absolute Gasteiger partial charge is 0.378 e. The van der Waals surface area contributed by atoms with Crippen molar-refractivity contribution in [3.63, 3.8) is 0 Å². The fourth-order valence-electron chi connectivity index (χ4n) is 0.843. The minimum absolute atomic E-state index is 0.111. The first kappa shape index (κ1) is 13.0. The third kappa shape index (κ3) is 5.60. The summed E-state index contributed by atoms with van der Waals surface area (Å²) in [5.74, 6) is 0.111. The van der Waals surface area contributed by atoms with Crippen molar-refractivity contribution < 1.29 is 4.79 Å². The van der Waals surface area contributed by atoms with Crippen molar-refractivity contribution in [2.24, 2.45) is 0 Å². The van der Waals surface area contributed by atoms with Crippen molar-refractivity contribution in [3.05, 3.63) is 29.8 Å². The van der Waals surface area contributed by atoms with Crippen LogP contribution in [-0.4, -0.2) is 26.3 Å². The Balaban J connectivity index is 0.000000364. The number of carbonyl (C=O) groups is 1. The third-order valence-corrected chi connectivity index (χ3v) is 1.74. The highest BCUT2D eigenvalue weighted by Crippen LogP contribution is 2.10. The number of anilines is 1. The highest BCUT2D eigenvalue weighted by atomic mass is 35.5. The van der Waals surface area contributed by atoms with Crippen molar-refractivity contribution in [1.29, 1.82) is 0 Å². The SMILES string of the molecule is Cc1ccc(N(C)C)cc1.O=CCCl. The van der Waals surface area contributed by atoms with Crippen molar-refractivity contribution >= 4 is 23.6 Å². The van der Waals surface area contributed by atoms with Gasteiger partial charge in [0.05, 0.1) is 5.88 Å². The molecule has 78 valence electrons. The van der Waals surface area contributed by atoms with Crippen LogP contribution in [0.4, 0.5) is 5.69 Å². The Bertz CT molecular complexity index is 256. The first-order valence-corrected chi connectivity index (χ1v) is 4.89. The van der Waals surface area contributed by atoms with Crippen LogP contribution in [-0.2, 0) is 4.79 Å². The van der Waals surface area contributed by atoms with Crippen LogP contribution in [0.15, 0.2) is 24.3 Å². The Hall–Kier alpha value is -1.02. The fraction of sp³-hybridized carbons (Fsp3) is 0.364. The molecular formula is C11H16ClNO. The standard InChI is InChI=1S/C9H13N.C2H3ClO/c1-8-4-6-9(7-5-8)10(2)3;3-1-2-4/h4-7H,1-3H3;2H,1H2. The Morgan fingerprint density at radius 2 is 1.71 bits per heavy atom. The minimum atomic E-state index is 0.111. The lowest BCUT2D eigenvalue weighted by atomic mass is 10.2. The second kappa shape index (κ2) is 7.39. The summed E-state index contributed by atoms with van der Waals surface area (Å²) in [6, 6.07) is 8.48. The number of hydrogen-bond donors (Lipinski definition) is 0. The van der Waals surface area contributed by atoms with Gasteiger partial charge in [-0.1, -0.05) is 17.7 Å². The zero-order valence-electron chi connectivity index (χ0n) is 8.83. The maximum atomic E-state index is 9.04. The first-order chi connectivity index (χ1) is 6.61. The number of rotatable bonds is 2. The molecule has 0 saturated heterocycles.